The van der Waals surface area contributed by atoms with E-state index in [2.05, 4.69) is 5.32 Å². The van der Waals surface area contributed by atoms with Crippen molar-refractivity contribution in [2.45, 2.75) is 0 Å². The van der Waals surface area contributed by atoms with Gasteiger partial charge in [-0.25, -0.2) is 0 Å². The molecule has 4 nitrogen and oxygen atoms in total. The number of carbonyl (C=O) groups is 1. The van der Waals surface area contributed by atoms with Gasteiger partial charge < -0.3 is 10.1 Å². The van der Waals surface area contributed by atoms with Crippen molar-refractivity contribution in [3.05, 3.63) is 46.7 Å². The van der Waals surface area contributed by atoms with Gasteiger partial charge in [0.1, 0.15) is 11.8 Å². The Hall–Kier alpha value is -2.32. The number of hydrogen-bond acceptors (Lipinski definition) is 4. The molecule has 1 aromatic heterocycles. The molecule has 5 heteroatoms. The van der Waals surface area contributed by atoms with Crippen molar-refractivity contribution in [3.63, 3.8) is 0 Å². The van der Waals surface area contributed by atoms with E-state index in [9.17, 15) is 4.79 Å². The summed E-state index contributed by atoms with van der Waals surface area (Å²) in [5, 5.41) is 13.1. The third-order valence-electron chi connectivity index (χ3n) is 2.17. The van der Waals surface area contributed by atoms with Crippen molar-refractivity contribution in [1.29, 1.82) is 5.26 Å². The number of ether oxygens (including phenoxy) is 1. The zero-order valence-corrected chi connectivity index (χ0v) is 10.2. The minimum absolute atomic E-state index is 0.0497. The van der Waals surface area contributed by atoms with Crippen LogP contribution in [0, 0.1) is 11.3 Å². The molecule has 1 heterocycles. The zero-order chi connectivity index (χ0) is 12.8. The molecule has 0 aliphatic rings. The maximum Gasteiger partial charge on any atom is 0.265 e. The van der Waals surface area contributed by atoms with E-state index in [1.165, 1.54) is 11.3 Å². The number of benzene rings is 1. The average molecular weight is 258 g/mol. The third kappa shape index (κ3) is 2.87. The molecule has 0 aliphatic heterocycles. The van der Waals surface area contributed by atoms with Gasteiger partial charge in [0.25, 0.3) is 5.91 Å². The number of thiophene rings is 1. The van der Waals surface area contributed by atoms with Gasteiger partial charge in [0.2, 0.25) is 0 Å². The van der Waals surface area contributed by atoms with Gasteiger partial charge in [0, 0.05) is 0 Å². The lowest BCUT2D eigenvalue weighted by molar-refractivity contribution is 0.103. The van der Waals surface area contributed by atoms with Gasteiger partial charge in [0.15, 0.2) is 6.61 Å². The smallest absolute Gasteiger partial charge is 0.265 e. The van der Waals surface area contributed by atoms with E-state index in [4.69, 9.17) is 10.00 Å². The minimum atomic E-state index is -0.182. The second-order valence-corrected chi connectivity index (χ2v) is 4.32. The SMILES string of the molecule is N#CCOc1ccccc1NC(=O)c1cccs1. The average Bonchev–Trinajstić information content (AvgIpc) is 2.91. The number of anilines is 1. The molecule has 2 aromatic rings. The van der Waals surface area contributed by atoms with Gasteiger partial charge in [-0.15, -0.1) is 11.3 Å². The molecule has 0 saturated heterocycles. The predicted octanol–water partition coefficient (Wildman–Crippen LogP) is 2.90. The molecule has 0 atom stereocenters. The summed E-state index contributed by atoms with van der Waals surface area (Å²) in [5.41, 5.74) is 0.561. The fourth-order valence-electron chi connectivity index (χ4n) is 1.40. The molecule has 18 heavy (non-hydrogen) atoms. The van der Waals surface area contributed by atoms with E-state index < -0.39 is 0 Å². The standard InChI is InChI=1S/C13H10N2O2S/c14-7-8-17-11-5-2-1-4-10(11)15-13(16)12-6-3-9-18-12/h1-6,9H,8H2,(H,15,16). The van der Waals surface area contributed by atoms with E-state index in [-0.39, 0.29) is 12.5 Å². The van der Waals surface area contributed by atoms with Crippen LogP contribution in [0.3, 0.4) is 0 Å². The first-order chi connectivity index (χ1) is 8.81. The Morgan fingerprint density at radius 3 is 2.89 bits per heavy atom. The predicted molar refractivity (Wildman–Crippen MR) is 69.8 cm³/mol. The van der Waals surface area contributed by atoms with Gasteiger partial charge >= 0.3 is 0 Å². The van der Waals surface area contributed by atoms with Crippen LogP contribution in [0.25, 0.3) is 0 Å². The molecule has 0 aliphatic carbocycles. The summed E-state index contributed by atoms with van der Waals surface area (Å²) in [7, 11) is 0. The summed E-state index contributed by atoms with van der Waals surface area (Å²) >= 11 is 1.37. The highest BCUT2D eigenvalue weighted by Gasteiger charge is 2.10. The van der Waals surface area contributed by atoms with Crippen LogP contribution in [-0.2, 0) is 0 Å². The van der Waals surface area contributed by atoms with Crippen molar-refractivity contribution in [2.24, 2.45) is 0 Å². The van der Waals surface area contributed by atoms with Crippen molar-refractivity contribution < 1.29 is 9.53 Å². The van der Waals surface area contributed by atoms with Crippen LogP contribution >= 0.6 is 11.3 Å². The fraction of sp³-hybridized carbons (Fsp3) is 0.0769. The van der Waals surface area contributed by atoms with E-state index >= 15 is 0 Å². The number of nitriles is 1. The van der Waals surface area contributed by atoms with Crippen LogP contribution < -0.4 is 10.1 Å². The monoisotopic (exact) mass is 258 g/mol. The number of carbonyl (C=O) groups excluding carboxylic acids is 1. The summed E-state index contributed by atoms with van der Waals surface area (Å²) in [6.45, 7) is -0.0497. The highest BCUT2D eigenvalue weighted by molar-refractivity contribution is 7.12. The van der Waals surface area contributed by atoms with Gasteiger partial charge in [-0.05, 0) is 23.6 Å². The molecule has 0 bridgehead atoms. The Bertz CT molecular complexity index is 573. The topological polar surface area (TPSA) is 62.1 Å². The Labute approximate surface area is 108 Å². The molecular formula is C13H10N2O2S. The molecular weight excluding hydrogens is 248 g/mol. The molecule has 0 fully saturated rings. The highest BCUT2D eigenvalue weighted by Crippen LogP contribution is 2.24. The zero-order valence-electron chi connectivity index (χ0n) is 9.42. The van der Waals surface area contributed by atoms with Crippen molar-refractivity contribution in [2.75, 3.05) is 11.9 Å². The molecule has 1 N–H and O–H groups in total. The van der Waals surface area contributed by atoms with Gasteiger partial charge in [-0.2, -0.15) is 5.26 Å². The van der Waals surface area contributed by atoms with E-state index in [0.29, 0.717) is 16.3 Å². The first-order valence-electron chi connectivity index (χ1n) is 5.25. The molecule has 1 aromatic carbocycles. The van der Waals surface area contributed by atoms with E-state index in [0.717, 1.165) is 0 Å². The lowest BCUT2D eigenvalue weighted by Crippen LogP contribution is -2.11. The van der Waals surface area contributed by atoms with Crippen molar-refractivity contribution >= 4 is 22.9 Å². The number of nitrogens with one attached hydrogen (secondary N) is 1. The number of hydrogen-bond donors (Lipinski definition) is 1. The summed E-state index contributed by atoms with van der Waals surface area (Å²) in [6.07, 6.45) is 0. The Morgan fingerprint density at radius 2 is 2.17 bits per heavy atom. The first-order valence-corrected chi connectivity index (χ1v) is 6.13. The first kappa shape index (κ1) is 12.1. The summed E-state index contributed by atoms with van der Waals surface area (Å²) in [5.74, 6) is 0.307. The van der Waals surface area contributed by atoms with Crippen LogP contribution in [0.5, 0.6) is 5.75 Å². The maximum atomic E-state index is 11.9. The van der Waals surface area contributed by atoms with Crippen LogP contribution in [-0.4, -0.2) is 12.5 Å². The van der Waals surface area contributed by atoms with Crippen LogP contribution in [0.15, 0.2) is 41.8 Å². The van der Waals surface area contributed by atoms with Crippen LogP contribution in [0.2, 0.25) is 0 Å². The maximum absolute atomic E-state index is 11.9. The number of amides is 1. The minimum Gasteiger partial charge on any atom is -0.477 e. The van der Waals surface area contributed by atoms with E-state index in [1.54, 1.807) is 30.3 Å². The molecule has 0 radical (unpaired) electrons. The highest BCUT2D eigenvalue weighted by atomic mass is 32.1. The van der Waals surface area contributed by atoms with Gasteiger partial charge in [-0.3, -0.25) is 4.79 Å². The van der Waals surface area contributed by atoms with Crippen LogP contribution in [0.4, 0.5) is 5.69 Å². The lowest BCUT2D eigenvalue weighted by atomic mass is 10.3. The number of nitrogens with zero attached hydrogens (tertiary/aromatic N) is 1. The summed E-state index contributed by atoms with van der Waals surface area (Å²) in [4.78, 5) is 12.5. The van der Waals surface area contributed by atoms with Gasteiger partial charge in [-0.1, -0.05) is 18.2 Å². The molecule has 90 valence electrons. The van der Waals surface area contributed by atoms with Crippen molar-refractivity contribution in [1.82, 2.24) is 0 Å². The number of para-hydroxylation sites is 2. The normalized spacial score (nSPS) is 9.50. The quantitative estimate of drug-likeness (QED) is 0.917. The lowest BCUT2D eigenvalue weighted by Gasteiger charge is -2.09. The molecule has 1 amide bonds. The molecule has 0 saturated carbocycles. The second-order valence-electron chi connectivity index (χ2n) is 3.37. The summed E-state index contributed by atoms with van der Waals surface area (Å²) in [6, 6.07) is 12.5. The molecule has 2 rings (SSSR count). The summed E-state index contributed by atoms with van der Waals surface area (Å²) < 4.78 is 5.23. The second kappa shape index (κ2) is 5.84. The molecule has 0 spiro atoms. The van der Waals surface area contributed by atoms with Crippen LogP contribution in [0.1, 0.15) is 9.67 Å². The third-order valence-corrected chi connectivity index (χ3v) is 3.04. The Morgan fingerprint density at radius 1 is 1.33 bits per heavy atom. The Kier molecular flexibility index (Phi) is 3.94. The van der Waals surface area contributed by atoms with E-state index in [1.807, 2.05) is 17.5 Å². The Balaban J connectivity index is 2.14. The van der Waals surface area contributed by atoms with Gasteiger partial charge in [0.05, 0.1) is 10.6 Å². The largest absolute Gasteiger partial charge is 0.477 e. The fourth-order valence-corrected chi connectivity index (χ4v) is 2.02. The number of rotatable bonds is 4. The van der Waals surface area contributed by atoms with Crippen molar-refractivity contribution in [3.8, 4) is 11.8 Å². The molecule has 0 unspecified atom stereocenters.